The monoisotopic (exact) mass is 243 g/mol. The van der Waals surface area contributed by atoms with Gasteiger partial charge in [-0.1, -0.05) is 18.2 Å². The second kappa shape index (κ2) is 4.46. The summed E-state index contributed by atoms with van der Waals surface area (Å²) in [6.45, 7) is 3.89. The fraction of sp³-hybridized carbons (Fsp3) is 0.357. The van der Waals surface area contributed by atoms with Crippen LogP contribution < -0.4 is 10.6 Å². The van der Waals surface area contributed by atoms with Crippen molar-refractivity contribution in [2.75, 3.05) is 13.1 Å². The predicted octanol–water partition coefficient (Wildman–Crippen LogP) is 1.57. The van der Waals surface area contributed by atoms with E-state index in [0.29, 0.717) is 5.69 Å². The first-order chi connectivity index (χ1) is 8.74. The van der Waals surface area contributed by atoms with E-state index in [4.69, 9.17) is 0 Å². The van der Waals surface area contributed by atoms with Crippen LogP contribution in [0.25, 0.3) is 10.9 Å². The Bertz CT molecular complexity index is 582. The molecule has 1 amide bonds. The first kappa shape index (κ1) is 11.3. The van der Waals surface area contributed by atoms with Crippen LogP contribution in [-0.4, -0.2) is 30.0 Å². The van der Waals surface area contributed by atoms with Crippen LogP contribution in [-0.2, 0) is 0 Å². The van der Waals surface area contributed by atoms with Gasteiger partial charge in [-0.2, -0.15) is 0 Å². The molecular weight excluding hydrogens is 226 g/mol. The second-order valence-electron chi connectivity index (χ2n) is 4.89. The zero-order chi connectivity index (χ0) is 12.5. The molecule has 1 aromatic heterocycles. The van der Waals surface area contributed by atoms with E-state index in [1.54, 1.807) is 0 Å². The second-order valence-corrected chi connectivity index (χ2v) is 4.89. The van der Waals surface area contributed by atoms with Crippen LogP contribution in [0.5, 0.6) is 0 Å². The average Bonchev–Trinajstić information content (AvgIpc) is 2.97. The zero-order valence-electron chi connectivity index (χ0n) is 10.4. The first-order valence-corrected chi connectivity index (χ1v) is 6.34. The van der Waals surface area contributed by atoms with Gasteiger partial charge < -0.3 is 15.6 Å². The number of nitrogens with one attached hydrogen (secondary N) is 3. The Morgan fingerprint density at radius 1 is 1.44 bits per heavy atom. The number of carbonyl (C=O) groups excluding carboxylic acids is 1. The zero-order valence-corrected chi connectivity index (χ0v) is 10.4. The van der Waals surface area contributed by atoms with Gasteiger partial charge in [0.1, 0.15) is 5.69 Å². The fourth-order valence-corrected chi connectivity index (χ4v) is 2.47. The molecule has 0 saturated carbocycles. The molecule has 1 aliphatic rings. The van der Waals surface area contributed by atoms with Crippen LogP contribution in [0, 0.1) is 6.92 Å². The van der Waals surface area contributed by atoms with Crippen LogP contribution in [0.15, 0.2) is 24.3 Å². The molecule has 1 saturated heterocycles. The molecule has 0 radical (unpaired) electrons. The number of rotatable bonds is 2. The van der Waals surface area contributed by atoms with Crippen molar-refractivity contribution in [3.05, 3.63) is 35.5 Å². The van der Waals surface area contributed by atoms with Crippen LogP contribution in [0.2, 0.25) is 0 Å². The van der Waals surface area contributed by atoms with E-state index in [2.05, 4.69) is 15.6 Å². The van der Waals surface area contributed by atoms with Gasteiger partial charge in [0.2, 0.25) is 0 Å². The molecule has 3 N–H and O–H groups in total. The van der Waals surface area contributed by atoms with Crippen LogP contribution in [0.3, 0.4) is 0 Å². The summed E-state index contributed by atoms with van der Waals surface area (Å²) in [4.78, 5) is 15.3. The summed E-state index contributed by atoms with van der Waals surface area (Å²) < 4.78 is 0. The lowest BCUT2D eigenvalue weighted by Crippen LogP contribution is -2.36. The highest BCUT2D eigenvalue weighted by Gasteiger charge is 2.18. The number of hydrogen-bond donors (Lipinski definition) is 3. The Morgan fingerprint density at radius 3 is 3.06 bits per heavy atom. The minimum atomic E-state index is -0.0145. The Labute approximate surface area is 106 Å². The number of aryl methyl sites for hydroxylation is 1. The van der Waals surface area contributed by atoms with Crippen LogP contribution in [0.1, 0.15) is 22.5 Å². The Kier molecular flexibility index (Phi) is 2.80. The molecule has 0 spiro atoms. The third-order valence-electron chi connectivity index (χ3n) is 3.50. The molecule has 94 valence electrons. The van der Waals surface area contributed by atoms with Crippen molar-refractivity contribution in [3.63, 3.8) is 0 Å². The number of hydrogen-bond acceptors (Lipinski definition) is 2. The lowest BCUT2D eigenvalue weighted by molar-refractivity contribution is 0.0936. The SMILES string of the molecule is Cc1cccc2cc(C(=O)N[C@@H]3CCNC3)[nH]c12. The molecule has 3 rings (SSSR count). The Morgan fingerprint density at radius 2 is 2.33 bits per heavy atom. The van der Waals surface area contributed by atoms with Crippen molar-refractivity contribution < 1.29 is 4.79 Å². The van der Waals surface area contributed by atoms with Crippen LogP contribution >= 0.6 is 0 Å². The number of para-hydroxylation sites is 1. The molecule has 1 fully saturated rings. The number of carbonyl (C=O) groups is 1. The van der Waals surface area contributed by atoms with Gasteiger partial charge >= 0.3 is 0 Å². The van der Waals surface area contributed by atoms with Crippen LogP contribution in [0.4, 0.5) is 0 Å². The van der Waals surface area contributed by atoms with Crippen molar-refractivity contribution in [1.29, 1.82) is 0 Å². The van der Waals surface area contributed by atoms with Gasteiger partial charge in [-0.15, -0.1) is 0 Å². The lowest BCUT2D eigenvalue weighted by atomic mass is 10.2. The molecule has 1 aromatic carbocycles. The third-order valence-corrected chi connectivity index (χ3v) is 3.50. The van der Waals surface area contributed by atoms with Gasteiger partial charge in [0.05, 0.1) is 0 Å². The number of amides is 1. The van der Waals surface area contributed by atoms with Crippen molar-refractivity contribution in [2.24, 2.45) is 0 Å². The number of H-pyrrole nitrogens is 1. The highest BCUT2D eigenvalue weighted by atomic mass is 16.1. The number of aromatic nitrogens is 1. The van der Waals surface area contributed by atoms with E-state index < -0.39 is 0 Å². The predicted molar refractivity (Wildman–Crippen MR) is 71.8 cm³/mol. The van der Waals surface area contributed by atoms with Gasteiger partial charge in [-0.3, -0.25) is 4.79 Å². The summed E-state index contributed by atoms with van der Waals surface area (Å²) in [6.07, 6.45) is 1.00. The first-order valence-electron chi connectivity index (χ1n) is 6.34. The van der Waals surface area contributed by atoms with Gasteiger partial charge in [0.25, 0.3) is 5.91 Å². The summed E-state index contributed by atoms with van der Waals surface area (Å²) in [5.41, 5.74) is 2.85. The largest absolute Gasteiger partial charge is 0.350 e. The normalized spacial score (nSPS) is 19.3. The average molecular weight is 243 g/mol. The molecular formula is C14H17N3O. The van der Waals surface area contributed by atoms with E-state index in [-0.39, 0.29) is 11.9 Å². The summed E-state index contributed by atoms with van der Waals surface area (Å²) in [5.74, 6) is -0.0145. The Balaban J connectivity index is 1.85. The molecule has 1 atom stereocenters. The smallest absolute Gasteiger partial charge is 0.267 e. The van der Waals surface area contributed by atoms with Crippen molar-refractivity contribution >= 4 is 16.8 Å². The molecule has 0 unspecified atom stereocenters. The molecule has 2 aromatic rings. The molecule has 2 heterocycles. The van der Waals surface area contributed by atoms with Gasteiger partial charge in [0, 0.05) is 23.5 Å². The fourth-order valence-electron chi connectivity index (χ4n) is 2.47. The molecule has 4 nitrogen and oxygen atoms in total. The van der Waals surface area contributed by atoms with Crippen molar-refractivity contribution in [1.82, 2.24) is 15.6 Å². The van der Waals surface area contributed by atoms with Gasteiger partial charge in [-0.05, 0) is 31.5 Å². The maximum Gasteiger partial charge on any atom is 0.267 e. The van der Waals surface area contributed by atoms with E-state index in [9.17, 15) is 4.79 Å². The quantitative estimate of drug-likeness (QED) is 0.750. The minimum absolute atomic E-state index is 0.0145. The van der Waals surface area contributed by atoms with Crippen molar-refractivity contribution in [2.45, 2.75) is 19.4 Å². The van der Waals surface area contributed by atoms with E-state index in [0.717, 1.165) is 36.0 Å². The molecule has 1 aliphatic heterocycles. The Hall–Kier alpha value is -1.81. The lowest BCUT2D eigenvalue weighted by Gasteiger charge is -2.09. The maximum atomic E-state index is 12.1. The molecule has 4 heteroatoms. The summed E-state index contributed by atoms with van der Waals surface area (Å²) in [5, 5.41) is 7.37. The van der Waals surface area contributed by atoms with Gasteiger partial charge in [0.15, 0.2) is 0 Å². The maximum absolute atomic E-state index is 12.1. The summed E-state index contributed by atoms with van der Waals surface area (Å²) >= 11 is 0. The van der Waals surface area contributed by atoms with E-state index in [1.165, 1.54) is 0 Å². The van der Waals surface area contributed by atoms with E-state index >= 15 is 0 Å². The summed E-state index contributed by atoms with van der Waals surface area (Å²) in [7, 11) is 0. The van der Waals surface area contributed by atoms with Crippen molar-refractivity contribution in [3.8, 4) is 0 Å². The topological polar surface area (TPSA) is 56.9 Å². The molecule has 18 heavy (non-hydrogen) atoms. The minimum Gasteiger partial charge on any atom is -0.350 e. The standard InChI is InChI=1S/C14H17N3O/c1-9-3-2-4-10-7-12(17-13(9)10)14(18)16-11-5-6-15-8-11/h2-4,7,11,15,17H,5-6,8H2,1H3,(H,16,18)/t11-/m1/s1. The summed E-state index contributed by atoms with van der Waals surface area (Å²) in [6, 6.07) is 8.24. The highest BCUT2D eigenvalue weighted by molar-refractivity contribution is 5.98. The molecule has 0 aliphatic carbocycles. The van der Waals surface area contributed by atoms with E-state index in [1.807, 2.05) is 31.2 Å². The third kappa shape index (κ3) is 1.99. The van der Waals surface area contributed by atoms with Gasteiger partial charge in [-0.25, -0.2) is 0 Å². The number of aromatic amines is 1. The number of fused-ring (bicyclic) bond motifs is 1. The number of benzene rings is 1. The molecule has 0 bridgehead atoms. The highest BCUT2D eigenvalue weighted by Crippen LogP contribution is 2.18.